The Balaban J connectivity index is 2.03. The zero-order valence-electron chi connectivity index (χ0n) is 11.5. The van der Waals surface area contributed by atoms with Gasteiger partial charge in [-0.05, 0) is 31.4 Å². The topological polar surface area (TPSA) is 44.8 Å². The molecule has 4 atom stereocenters. The summed E-state index contributed by atoms with van der Waals surface area (Å²) in [5.41, 5.74) is 0.545. The summed E-state index contributed by atoms with van der Waals surface area (Å²) in [5, 5.41) is 0. The summed E-state index contributed by atoms with van der Waals surface area (Å²) in [6.45, 7) is 4.09. The van der Waals surface area contributed by atoms with Gasteiger partial charge in [-0.1, -0.05) is 25.1 Å². The zero-order chi connectivity index (χ0) is 13.8. The molecule has 19 heavy (non-hydrogen) atoms. The molecule has 1 aliphatic heterocycles. The second kappa shape index (κ2) is 6.17. The second-order valence-electron chi connectivity index (χ2n) is 4.97. The van der Waals surface area contributed by atoms with Gasteiger partial charge in [-0.2, -0.15) is 0 Å². The number of hydrogen-bond acceptors (Lipinski definition) is 4. The summed E-state index contributed by atoms with van der Waals surface area (Å²) < 4.78 is 16.5. The Morgan fingerprint density at radius 2 is 1.95 bits per heavy atom. The maximum atomic E-state index is 12.0. The smallest absolute Gasteiger partial charge is 0.338 e. The number of rotatable bonds is 3. The number of benzene rings is 1. The molecule has 2 rings (SSSR count). The first kappa shape index (κ1) is 14.0. The molecule has 1 heterocycles. The van der Waals surface area contributed by atoms with Crippen LogP contribution in [0.5, 0.6) is 0 Å². The van der Waals surface area contributed by atoms with Gasteiger partial charge in [-0.3, -0.25) is 0 Å². The molecule has 0 N–H and O–H groups in total. The lowest BCUT2D eigenvalue weighted by atomic mass is 9.95. The SMILES string of the molecule is CO[C@@H]1O[C@@H](C)[C@@H](C)C[C@@H]1OC(=O)c1ccccc1. The summed E-state index contributed by atoms with van der Waals surface area (Å²) in [6.07, 6.45) is 0.0116. The van der Waals surface area contributed by atoms with Crippen molar-refractivity contribution in [1.29, 1.82) is 0 Å². The van der Waals surface area contributed by atoms with Crippen LogP contribution in [0.2, 0.25) is 0 Å². The molecule has 0 aliphatic carbocycles. The van der Waals surface area contributed by atoms with Gasteiger partial charge in [0.1, 0.15) is 0 Å². The Morgan fingerprint density at radius 1 is 1.26 bits per heavy atom. The van der Waals surface area contributed by atoms with Crippen molar-refractivity contribution in [1.82, 2.24) is 0 Å². The average molecular weight is 264 g/mol. The Kier molecular flexibility index (Phi) is 4.56. The number of carbonyl (C=O) groups is 1. The highest BCUT2D eigenvalue weighted by atomic mass is 16.7. The highest BCUT2D eigenvalue weighted by molar-refractivity contribution is 5.89. The van der Waals surface area contributed by atoms with Gasteiger partial charge in [-0.25, -0.2) is 4.79 Å². The maximum absolute atomic E-state index is 12.0. The van der Waals surface area contributed by atoms with Crippen LogP contribution in [-0.2, 0) is 14.2 Å². The Bertz CT molecular complexity index is 417. The molecule has 1 aromatic rings. The number of esters is 1. The van der Waals surface area contributed by atoms with Gasteiger partial charge in [-0.15, -0.1) is 0 Å². The lowest BCUT2D eigenvalue weighted by Gasteiger charge is -2.37. The first-order chi connectivity index (χ1) is 9.11. The van der Waals surface area contributed by atoms with E-state index in [2.05, 4.69) is 6.92 Å². The zero-order valence-corrected chi connectivity index (χ0v) is 11.5. The lowest BCUT2D eigenvalue weighted by molar-refractivity contribution is -0.238. The molecule has 4 nitrogen and oxygen atoms in total. The van der Waals surface area contributed by atoms with E-state index in [9.17, 15) is 4.79 Å². The Hall–Kier alpha value is -1.39. The standard InChI is InChI=1S/C15H20O4/c1-10-9-13(15(17-3)18-11(10)2)19-14(16)12-7-5-4-6-8-12/h4-8,10-11,13,15H,9H2,1-3H3/t10-,11-,13-,15+/m0/s1. The van der Waals surface area contributed by atoms with Crippen molar-refractivity contribution in [2.45, 2.75) is 38.8 Å². The van der Waals surface area contributed by atoms with Gasteiger partial charge in [0, 0.05) is 7.11 Å². The van der Waals surface area contributed by atoms with Crippen LogP contribution in [0.1, 0.15) is 30.6 Å². The van der Waals surface area contributed by atoms with E-state index in [1.54, 1.807) is 19.2 Å². The van der Waals surface area contributed by atoms with E-state index in [1.807, 2.05) is 25.1 Å². The van der Waals surface area contributed by atoms with Crippen molar-refractivity contribution in [3.05, 3.63) is 35.9 Å². The van der Waals surface area contributed by atoms with E-state index in [0.29, 0.717) is 11.5 Å². The van der Waals surface area contributed by atoms with Crippen LogP contribution in [0.4, 0.5) is 0 Å². The van der Waals surface area contributed by atoms with Gasteiger partial charge in [0.25, 0.3) is 0 Å². The van der Waals surface area contributed by atoms with E-state index < -0.39 is 6.29 Å². The van der Waals surface area contributed by atoms with Gasteiger partial charge in [0.15, 0.2) is 12.4 Å². The third-order valence-corrected chi connectivity index (χ3v) is 3.56. The molecule has 0 amide bonds. The summed E-state index contributed by atoms with van der Waals surface area (Å²) in [6, 6.07) is 8.96. The predicted octanol–water partition coefficient (Wildman–Crippen LogP) is 2.63. The predicted molar refractivity (Wildman–Crippen MR) is 70.8 cm³/mol. The van der Waals surface area contributed by atoms with Crippen molar-refractivity contribution < 1.29 is 19.0 Å². The molecule has 1 aromatic carbocycles. The van der Waals surface area contributed by atoms with Crippen molar-refractivity contribution >= 4 is 5.97 Å². The van der Waals surface area contributed by atoms with Crippen molar-refractivity contribution in [2.75, 3.05) is 7.11 Å². The van der Waals surface area contributed by atoms with Crippen LogP contribution >= 0.6 is 0 Å². The van der Waals surface area contributed by atoms with Crippen LogP contribution in [0, 0.1) is 5.92 Å². The molecule has 0 radical (unpaired) electrons. The molecule has 4 heteroatoms. The fraction of sp³-hybridized carbons (Fsp3) is 0.533. The monoisotopic (exact) mass is 264 g/mol. The van der Waals surface area contributed by atoms with Crippen molar-refractivity contribution in [2.24, 2.45) is 5.92 Å². The van der Waals surface area contributed by atoms with E-state index >= 15 is 0 Å². The molecule has 0 spiro atoms. The number of carbonyl (C=O) groups excluding carboxylic acids is 1. The Morgan fingerprint density at radius 3 is 2.58 bits per heavy atom. The quantitative estimate of drug-likeness (QED) is 0.787. The van der Waals surface area contributed by atoms with Crippen molar-refractivity contribution in [3.63, 3.8) is 0 Å². The van der Waals surface area contributed by atoms with Gasteiger partial charge in [0.2, 0.25) is 0 Å². The van der Waals surface area contributed by atoms with Gasteiger partial charge in [0.05, 0.1) is 11.7 Å². The molecule has 1 fully saturated rings. The molecule has 0 bridgehead atoms. The summed E-state index contributed by atoms with van der Waals surface area (Å²) in [7, 11) is 1.57. The minimum absolute atomic E-state index is 0.108. The number of ether oxygens (including phenoxy) is 3. The number of hydrogen-bond donors (Lipinski definition) is 0. The van der Waals surface area contributed by atoms with Gasteiger partial charge >= 0.3 is 5.97 Å². The summed E-state index contributed by atoms with van der Waals surface area (Å²) in [4.78, 5) is 12.0. The van der Waals surface area contributed by atoms with Crippen molar-refractivity contribution in [3.8, 4) is 0 Å². The van der Waals surface area contributed by atoms with E-state index in [4.69, 9.17) is 14.2 Å². The highest BCUT2D eigenvalue weighted by Gasteiger charge is 2.36. The van der Waals surface area contributed by atoms with E-state index in [1.165, 1.54) is 0 Å². The molecule has 0 saturated carbocycles. The molecule has 1 aliphatic rings. The highest BCUT2D eigenvalue weighted by Crippen LogP contribution is 2.28. The molecule has 0 unspecified atom stereocenters. The van der Waals surface area contributed by atoms with Gasteiger partial charge < -0.3 is 14.2 Å². The second-order valence-corrected chi connectivity index (χ2v) is 4.97. The van der Waals surface area contributed by atoms with Crippen LogP contribution in [0.25, 0.3) is 0 Å². The largest absolute Gasteiger partial charge is 0.453 e. The van der Waals surface area contributed by atoms with E-state index in [-0.39, 0.29) is 18.2 Å². The first-order valence-corrected chi connectivity index (χ1v) is 6.56. The molecule has 0 aromatic heterocycles. The van der Waals surface area contributed by atoms with Crippen LogP contribution in [0.3, 0.4) is 0 Å². The fourth-order valence-corrected chi connectivity index (χ4v) is 2.19. The molecule has 104 valence electrons. The van der Waals surface area contributed by atoms with E-state index in [0.717, 1.165) is 6.42 Å². The molecule has 1 saturated heterocycles. The van der Waals surface area contributed by atoms with Crippen LogP contribution in [0.15, 0.2) is 30.3 Å². The third-order valence-electron chi connectivity index (χ3n) is 3.56. The van der Waals surface area contributed by atoms with Crippen LogP contribution in [-0.4, -0.2) is 31.6 Å². The molecular formula is C15H20O4. The summed E-state index contributed by atoms with van der Waals surface area (Å²) in [5.74, 6) is -0.00187. The first-order valence-electron chi connectivity index (χ1n) is 6.56. The minimum Gasteiger partial charge on any atom is -0.453 e. The third kappa shape index (κ3) is 3.33. The lowest BCUT2D eigenvalue weighted by Crippen LogP contribution is -2.45. The molecular weight excluding hydrogens is 244 g/mol. The fourth-order valence-electron chi connectivity index (χ4n) is 2.19. The number of methoxy groups -OCH3 is 1. The Labute approximate surface area is 113 Å². The minimum atomic E-state index is -0.487. The average Bonchev–Trinajstić information content (AvgIpc) is 2.43. The van der Waals surface area contributed by atoms with Crippen LogP contribution < -0.4 is 0 Å². The summed E-state index contributed by atoms with van der Waals surface area (Å²) >= 11 is 0. The maximum Gasteiger partial charge on any atom is 0.338 e. The normalized spacial score (nSPS) is 30.9.